The lowest BCUT2D eigenvalue weighted by atomic mass is 10.0. The topological polar surface area (TPSA) is 60.8 Å². The van der Waals surface area contributed by atoms with Crippen molar-refractivity contribution in [2.24, 2.45) is 0 Å². The molecule has 0 radical (unpaired) electrons. The first kappa shape index (κ1) is 33.9. The molecule has 204 valence electrons. The van der Waals surface area contributed by atoms with Gasteiger partial charge in [-0.05, 0) is 32.2 Å². The molecule has 0 aliphatic carbocycles. The second kappa shape index (κ2) is 26.0. The molecule has 5 heteroatoms. The van der Waals surface area contributed by atoms with Crippen LogP contribution in [0.2, 0.25) is 0 Å². The number of hydrogen-bond donors (Lipinski definition) is 3. The fraction of sp³-hybridized carbons (Fsp3) is 0.966. The summed E-state index contributed by atoms with van der Waals surface area (Å²) in [6.45, 7) is 6.57. The number of nitrogens with zero attached hydrogens (tertiary/aromatic N) is 1. The molecule has 2 N–H and O–H groups in total. The number of carbonyl (C=O) groups excluding carboxylic acids is 1. The lowest BCUT2D eigenvalue weighted by molar-refractivity contribution is -0.110. The van der Waals surface area contributed by atoms with Crippen LogP contribution in [0.5, 0.6) is 0 Å². The third-order valence-electron chi connectivity index (χ3n) is 6.83. The maximum absolute atomic E-state index is 11.1. The third kappa shape index (κ3) is 25.0. The van der Waals surface area contributed by atoms with E-state index in [-0.39, 0.29) is 17.3 Å². The Balaban J connectivity index is 4.13. The molecule has 0 bridgehead atoms. The van der Waals surface area contributed by atoms with Crippen molar-refractivity contribution in [2.75, 3.05) is 19.6 Å². The fourth-order valence-corrected chi connectivity index (χ4v) is 4.83. The SMILES string of the molecule is CCCCCCCCCCC(O)CN(CCCCC(=O)S)CC(O)CCCCCCCCCC. The van der Waals surface area contributed by atoms with Gasteiger partial charge in [0.2, 0.25) is 0 Å². The van der Waals surface area contributed by atoms with Gasteiger partial charge in [0, 0.05) is 19.5 Å². The van der Waals surface area contributed by atoms with Crippen LogP contribution in [0, 0.1) is 0 Å². The monoisotopic (exact) mass is 501 g/mol. The Kier molecular flexibility index (Phi) is 25.9. The average Bonchev–Trinajstić information content (AvgIpc) is 2.80. The van der Waals surface area contributed by atoms with Gasteiger partial charge >= 0.3 is 0 Å². The van der Waals surface area contributed by atoms with Crippen LogP contribution in [0.15, 0.2) is 0 Å². The molecule has 0 aliphatic rings. The summed E-state index contributed by atoms with van der Waals surface area (Å²) >= 11 is 3.86. The molecule has 0 rings (SSSR count). The Hall–Kier alpha value is -0.100. The summed E-state index contributed by atoms with van der Waals surface area (Å²) < 4.78 is 0. The largest absolute Gasteiger partial charge is 0.392 e. The Labute approximate surface area is 218 Å². The number of rotatable bonds is 27. The smallest absolute Gasteiger partial charge is 0.185 e. The van der Waals surface area contributed by atoms with Crippen molar-refractivity contribution < 1.29 is 15.0 Å². The molecule has 2 unspecified atom stereocenters. The Morgan fingerprint density at radius 2 is 1.00 bits per heavy atom. The third-order valence-corrected chi connectivity index (χ3v) is 7.06. The minimum atomic E-state index is -0.332. The summed E-state index contributed by atoms with van der Waals surface area (Å²) in [4.78, 5) is 13.3. The number of unbranched alkanes of at least 4 members (excludes halogenated alkanes) is 15. The summed E-state index contributed by atoms with van der Waals surface area (Å²) in [6, 6.07) is 0. The highest BCUT2D eigenvalue weighted by atomic mass is 32.1. The molecule has 0 saturated heterocycles. The van der Waals surface area contributed by atoms with E-state index in [1.807, 2.05) is 0 Å². The lowest BCUT2D eigenvalue weighted by Crippen LogP contribution is -2.38. The molecular formula is C29H59NO3S. The van der Waals surface area contributed by atoms with Gasteiger partial charge in [0.15, 0.2) is 5.12 Å². The van der Waals surface area contributed by atoms with E-state index in [1.54, 1.807) is 0 Å². The van der Waals surface area contributed by atoms with E-state index in [2.05, 4.69) is 31.4 Å². The first-order valence-electron chi connectivity index (χ1n) is 14.8. The van der Waals surface area contributed by atoms with Crippen LogP contribution >= 0.6 is 12.6 Å². The summed E-state index contributed by atoms with van der Waals surface area (Å²) in [5.41, 5.74) is 0. The predicted molar refractivity (Wildman–Crippen MR) is 151 cm³/mol. The van der Waals surface area contributed by atoms with E-state index >= 15 is 0 Å². The molecule has 0 saturated carbocycles. The van der Waals surface area contributed by atoms with Gasteiger partial charge in [-0.2, -0.15) is 0 Å². The zero-order valence-corrected chi connectivity index (χ0v) is 23.7. The van der Waals surface area contributed by atoms with Crippen molar-refractivity contribution in [3.63, 3.8) is 0 Å². The van der Waals surface area contributed by atoms with E-state index in [0.717, 1.165) is 45.1 Å². The Bertz CT molecular complexity index is 408. The van der Waals surface area contributed by atoms with Crippen molar-refractivity contribution >= 4 is 17.7 Å². The van der Waals surface area contributed by atoms with Gasteiger partial charge in [-0.3, -0.25) is 9.69 Å². The first-order chi connectivity index (χ1) is 16.5. The quantitative estimate of drug-likeness (QED) is 0.0797. The lowest BCUT2D eigenvalue weighted by Gasteiger charge is -2.27. The van der Waals surface area contributed by atoms with Crippen molar-refractivity contribution in [3.05, 3.63) is 0 Å². The number of aliphatic hydroxyl groups excluding tert-OH is 2. The number of thiol groups is 1. The summed E-state index contributed by atoms with van der Waals surface area (Å²) in [7, 11) is 0. The second-order valence-electron chi connectivity index (χ2n) is 10.4. The van der Waals surface area contributed by atoms with Crippen LogP contribution in [0.1, 0.15) is 149 Å². The standard InChI is InChI=1S/C29H59NO3S/c1-3-5-7-9-11-13-15-17-21-27(31)25-30(24-20-19-23-29(33)34)26-28(32)22-18-16-14-12-10-8-6-4-2/h27-28,31-32H,3-26H2,1-2H3,(H,33,34). The Morgan fingerprint density at radius 3 is 1.38 bits per heavy atom. The van der Waals surface area contributed by atoms with Gasteiger partial charge in [-0.15, -0.1) is 12.6 Å². The zero-order valence-electron chi connectivity index (χ0n) is 22.8. The Morgan fingerprint density at radius 1 is 0.618 bits per heavy atom. The zero-order chi connectivity index (χ0) is 25.3. The molecule has 2 atom stereocenters. The molecule has 0 aliphatic heterocycles. The van der Waals surface area contributed by atoms with Crippen molar-refractivity contribution in [2.45, 2.75) is 161 Å². The minimum Gasteiger partial charge on any atom is -0.392 e. The van der Waals surface area contributed by atoms with Crippen molar-refractivity contribution in [1.29, 1.82) is 0 Å². The van der Waals surface area contributed by atoms with Gasteiger partial charge in [-0.25, -0.2) is 0 Å². The van der Waals surface area contributed by atoms with Crippen LogP contribution in [-0.4, -0.2) is 52.1 Å². The molecule has 4 nitrogen and oxygen atoms in total. The van der Waals surface area contributed by atoms with E-state index in [1.165, 1.54) is 89.9 Å². The molecule has 0 fully saturated rings. The number of carbonyl (C=O) groups is 1. The minimum absolute atomic E-state index is 0.0593. The van der Waals surface area contributed by atoms with Crippen molar-refractivity contribution in [3.8, 4) is 0 Å². The van der Waals surface area contributed by atoms with Gasteiger partial charge in [0.25, 0.3) is 0 Å². The molecule has 0 aromatic rings. The molecule has 0 heterocycles. The van der Waals surface area contributed by atoms with E-state index in [0.29, 0.717) is 19.5 Å². The van der Waals surface area contributed by atoms with Crippen LogP contribution in [-0.2, 0) is 4.79 Å². The number of hydrogen-bond acceptors (Lipinski definition) is 4. The van der Waals surface area contributed by atoms with Crippen LogP contribution in [0.25, 0.3) is 0 Å². The van der Waals surface area contributed by atoms with Crippen LogP contribution < -0.4 is 0 Å². The normalized spacial score (nSPS) is 13.5. The van der Waals surface area contributed by atoms with Crippen LogP contribution in [0.4, 0.5) is 0 Å². The molecule has 0 spiro atoms. The summed E-state index contributed by atoms with van der Waals surface area (Å²) in [6.07, 6.45) is 23.7. The highest BCUT2D eigenvalue weighted by Crippen LogP contribution is 2.14. The fourth-order valence-electron chi connectivity index (χ4n) is 4.68. The second-order valence-corrected chi connectivity index (χ2v) is 10.9. The van der Waals surface area contributed by atoms with Gasteiger partial charge in [0.05, 0.1) is 12.2 Å². The maximum Gasteiger partial charge on any atom is 0.185 e. The van der Waals surface area contributed by atoms with E-state index in [4.69, 9.17) is 0 Å². The average molecular weight is 502 g/mol. The van der Waals surface area contributed by atoms with Gasteiger partial charge < -0.3 is 10.2 Å². The first-order valence-corrected chi connectivity index (χ1v) is 15.2. The maximum atomic E-state index is 11.1. The highest BCUT2D eigenvalue weighted by Gasteiger charge is 2.16. The molecule has 0 amide bonds. The molecular weight excluding hydrogens is 442 g/mol. The van der Waals surface area contributed by atoms with Gasteiger partial charge in [0.1, 0.15) is 0 Å². The summed E-state index contributed by atoms with van der Waals surface area (Å²) in [5, 5.41) is 21.1. The highest BCUT2D eigenvalue weighted by molar-refractivity contribution is 7.96. The van der Waals surface area contributed by atoms with Crippen molar-refractivity contribution in [1.82, 2.24) is 4.90 Å². The molecule has 0 aromatic carbocycles. The number of aliphatic hydroxyl groups is 2. The predicted octanol–water partition coefficient (Wildman–Crippen LogP) is 7.70. The van der Waals surface area contributed by atoms with Crippen LogP contribution in [0.3, 0.4) is 0 Å². The molecule has 0 aromatic heterocycles. The summed E-state index contributed by atoms with van der Waals surface area (Å²) in [5.74, 6) is 0. The van der Waals surface area contributed by atoms with Gasteiger partial charge in [-0.1, -0.05) is 117 Å². The van der Waals surface area contributed by atoms with E-state index in [9.17, 15) is 15.0 Å². The molecule has 34 heavy (non-hydrogen) atoms. The van der Waals surface area contributed by atoms with E-state index < -0.39 is 0 Å².